The SMILES string of the molecule is N#Cc1cccc(-n2c3ccc(C#N)cc3c3cc(-c4ccc(-n5c6ccccc6c6ccccc65)cc4)ccc32)c1.N#Cc1cccc(-n2c3ccccc3c3cc(-c4ccc(-n5c6ccccc6c6cc(C#N)ccc65)cc4)ccc32)c1.N#Cc1cccc(-n2c3ccccc3c3cc(-c4ccc(-n5c6ccccc6c6ccccc65)cc4)ccc32)c1. The van der Waals surface area contributed by atoms with Crippen LogP contribution in [0.1, 0.15) is 27.8 Å². The first-order valence-electron chi connectivity index (χ1n) is 41.1. The lowest BCUT2D eigenvalue weighted by Gasteiger charge is -2.10. The molecule has 0 saturated heterocycles. The second kappa shape index (κ2) is 30.0. The zero-order valence-corrected chi connectivity index (χ0v) is 66.6. The predicted molar refractivity (Wildman–Crippen MR) is 505 cm³/mol. The summed E-state index contributed by atoms with van der Waals surface area (Å²) in [6.07, 6.45) is 0. The molecule has 0 unspecified atom stereocenters. The van der Waals surface area contributed by atoms with Gasteiger partial charge >= 0.3 is 0 Å². The summed E-state index contributed by atoms with van der Waals surface area (Å²) in [4.78, 5) is 0. The normalized spacial score (nSPS) is 11.3. The third kappa shape index (κ3) is 12.2. The van der Waals surface area contributed by atoms with E-state index in [1.807, 2.05) is 103 Å². The lowest BCUT2D eigenvalue weighted by molar-refractivity contribution is 1.18. The van der Waals surface area contributed by atoms with Crippen molar-refractivity contribution in [2.75, 3.05) is 0 Å². The van der Waals surface area contributed by atoms with Gasteiger partial charge in [0.25, 0.3) is 0 Å². The zero-order chi connectivity index (χ0) is 83.0. The number of hydrogen-bond donors (Lipinski definition) is 0. The molecule has 6 aromatic heterocycles. The summed E-state index contributed by atoms with van der Waals surface area (Å²) in [7, 11) is 0. The maximum atomic E-state index is 9.64. The Morgan fingerprint density at radius 2 is 0.315 bits per heavy atom. The van der Waals surface area contributed by atoms with E-state index in [-0.39, 0.29) is 0 Å². The highest BCUT2D eigenvalue weighted by Gasteiger charge is 2.22. The van der Waals surface area contributed by atoms with Crippen molar-refractivity contribution >= 4 is 131 Å². The monoisotopic (exact) mass is 1580 g/mol. The topological polar surface area (TPSA) is 149 Å². The van der Waals surface area contributed by atoms with Crippen molar-refractivity contribution in [2.24, 2.45) is 0 Å². The van der Waals surface area contributed by atoms with Gasteiger partial charge in [0.15, 0.2) is 0 Å². The van der Waals surface area contributed by atoms with E-state index in [0.29, 0.717) is 27.8 Å². The molecule has 574 valence electrons. The molecule has 0 aliphatic rings. The van der Waals surface area contributed by atoms with Gasteiger partial charge < -0.3 is 27.4 Å². The number of fused-ring (bicyclic) bond motifs is 18. The summed E-state index contributed by atoms with van der Waals surface area (Å²) in [6.45, 7) is 0. The van der Waals surface area contributed by atoms with E-state index in [1.165, 1.54) is 76.3 Å². The van der Waals surface area contributed by atoms with Crippen LogP contribution in [0, 0.1) is 56.7 Å². The second-order valence-electron chi connectivity index (χ2n) is 31.1. The minimum Gasteiger partial charge on any atom is -0.309 e. The Hall–Kier alpha value is -17.8. The summed E-state index contributed by atoms with van der Waals surface area (Å²) in [5.74, 6) is 0. The quantitative estimate of drug-likeness (QED) is 0.141. The van der Waals surface area contributed by atoms with Crippen LogP contribution in [0.3, 0.4) is 0 Å². The van der Waals surface area contributed by atoms with Crippen LogP contribution in [0.4, 0.5) is 0 Å². The minimum atomic E-state index is 0.608. The third-order valence-corrected chi connectivity index (χ3v) is 24.3. The molecular weight excluding hydrogens is 1510 g/mol. The van der Waals surface area contributed by atoms with E-state index in [1.54, 1.807) is 0 Å². The fourth-order valence-electron chi connectivity index (χ4n) is 18.7. The average molecular weight is 1580 g/mol. The molecular formula is C113H67N11. The number of aromatic nitrogens is 6. The highest BCUT2D eigenvalue weighted by molar-refractivity contribution is 6.16. The molecule has 0 amide bonds. The van der Waals surface area contributed by atoms with Gasteiger partial charge in [-0.2, -0.15) is 26.3 Å². The van der Waals surface area contributed by atoms with Gasteiger partial charge in [0.1, 0.15) is 0 Å². The maximum Gasteiger partial charge on any atom is 0.0992 e. The Morgan fingerprint density at radius 1 is 0.129 bits per heavy atom. The lowest BCUT2D eigenvalue weighted by Crippen LogP contribution is -1.94. The number of para-hydroxylation sites is 7. The van der Waals surface area contributed by atoms with Crippen molar-refractivity contribution in [2.45, 2.75) is 0 Å². The first-order valence-corrected chi connectivity index (χ1v) is 41.1. The molecule has 0 aliphatic carbocycles. The smallest absolute Gasteiger partial charge is 0.0992 e. The molecule has 0 fully saturated rings. The number of benzene rings is 18. The first-order chi connectivity index (χ1) is 61.3. The highest BCUT2D eigenvalue weighted by Crippen LogP contribution is 2.43. The second-order valence-corrected chi connectivity index (χ2v) is 31.1. The van der Waals surface area contributed by atoms with Gasteiger partial charge in [-0.25, -0.2) is 0 Å². The molecule has 0 bridgehead atoms. The van der Waals surface area contributed by atoms with Crippen molar-refractivity contribution in [3.63, 3.8) is 0 Å². The van der Waals surface area contributed by atoms with Gasteiger partial charge in [-0.15, -0.1) is 0 Å². The average Bonchev–Trinajstić information content (AvgIpc) is 1.60. The molecule has 0 saturated carbocycles. The Kier molecular flexibility index (Phi) is 17.6. The van der Waals surface area contributed by atoms with Crippen molar-refractivity contribution in [3.8, 4) is 97.9 Å². The Morgan fingerprint density at radius 3 is 0.573 bits per heavy atom. The summed E-state index contributed by atoms with van der Waals surface area (Å²) in [6, 6.07) is 152. The van der Waals surface area contributed by atoms with Gasteiger partial charge in [0.2, 0.25) is 0 Å². The van der Waals surface area contributed by atoms with E-state index >= 15 is 0 Å². The molecule has 0 spiro atoms. The van der Waals surface area contributed by atoms with Gasteiger partial charge in [-0.1, -0.05) is 200 Å². The van der Waals surface area contributed by atoms with Crippen molar-refractivity contribution in [1.82, 2.24) is 27.4 Å². The Labute approximate surface area is 712 Å². The number of rotatable bonds is 9. The molecule has 124 heavy (non-hydrogen) atoms. The van der Waals surface area contributed by atoms with Crippen LogP contribution in [-0.2, 0) is 0 Å². The summed E-state index contributed by atoms with van der Waals surface area (Å²) >= 11 is 0. The fourth-order valence-corrected chi connectivity index (χ4v) is 18.7. The molecule has 0 radical (unpaired) electrons. The van der Waals surface area contributed by atoms with Crippen molar-refractivity contribution < 1.29 is 0 Å². The van der Waals surface area contributed by atoms with Crippen LogP contribution in [0.2, 0.25) is 0 Å². The van der Waals surface area contributed by atoms with Crippen molar-refractivity contribution in [3.05, 3.63) is 434 Å². The molecule has 0 N–H and O–H groups in total. The van der Waals surface area contributed by atoms with Gasteiger partial charge in [-0.05, 0) is 240 Å². The van der Waals surface area contributed by atoms with E-state index in [2.05, 4.69) is 361 Å². The molecule has 18 aromatic carbocycles. The molecule has 6 heterocycles. The molecule has 0 aliphatic heterocycles. The number of nitrogens with zero attached hydrogens (tertiary/aromatic N) is 11. The maximum absolute atomic E-state index is 9.64. The van der Waals surface area contributed by atoms with E-state index in [9.17, 15) is 26.3 Å². The van der Waals surface area contributed by atoms with Crippen molar-refractivity contribution in [1.29, 1.82) is 26.3 Å². The molecule has 24 aromatic rings. The third-order valence-electron chi connectivity index (χ3n) is 24.3. The summed E-state index contributed by atoms with van der Waals surface area (Å²) < 4.78 is 13.6. The predicted octanol–water partition coefficient (Wildman–Crippen LogP) is 28.0. The molecule has 24 rings (SSSR count). The molecule has 11 nitrogen and oxygen atoms in total. The standard InChI is InChI=1S/2C38H22N4.C37H23N3/c39-23-25-6-5-7-30(20-25)42-36-11-4-2-9-32(36)34-22-28(15-19-38(34)42)27-13-16-29(17-14-27)41-35-10-3-1-8-31(35)33-21-26(24-40)12-18-37(33)41;39-23-25-6-5-7-30(20-25)42-37-18-12-26(24-40)21-33(37)34-22-28(15-19-38(34)42)27-13-16-29(17-14-27)41-35-10-3-1-8-31(35)32-9-2-4-11-36(32)41;38-24-25-8-7-9-29(22-25)40-36-15-6-3-12-32(36)33-23-27(18-21-37(33)40)26-16-19-28(20-17-26)39-34-13-4-1-10-30(34)31-11-2-5-14-35(31)39/h2*1-22H;1-23H. The Balaban J connectivity index is 0.000000111. The molecule has 0 atom stereocenters. The lowest BCUT2D eigenvalue weighted by atomic mass is 10.0. The summed E-state index contributed by atoms with van der Waals surface area (Å²) in [5, 5.41) is 61.6. The summed E-state index contributed by atoms with van der Waals surface area (Å²) in [5.41, 5.74) is 29.8. The molecule has 11 heteroatoms. The fraction of sp³-hybridized carbons (Fsp3) is 0. The number of hydrogen-bond acceptors (Lipinski definition) is 5. The van der Waals surface area contributed by atoms with Gasteiger partial charge in [-0.3, -0.25) is 0 Å². The van der Waals surface area contributed by atoms with Crippen LogP contribution in [0.5, 0.6) is 0 Å². The Bertz CT molecular complexity index is 8640. The van der Waals surface area contributed by atoms with Gasteiger partial charge in [0.05, 0.1) is 124 Å². The zero-order valence-electron chi connectivity index (χ0n) is 66.6. The van der Waals surface area contributed by atoms with E-state index in [4.69, 9.17) is 0 Å². The van der Waals surface area contributed by atoms with Crippen LogP contribution in [0.25, 0.3) is 198 Å². The van der Waals surface area contributed by atoms with Crippen LogP contribution < -0.4 is 0 Å². The van der Waals surface area contributed by atoms with E-state index in [0.717, 1.165) is 122 Å². The van der Waals surface area contributed by atoms with E-state index < -0.39 is 0 Å². The highest BCUT2D eigenvalue weighted by atomic mass is 15.0. The van der Waals surface area contributed by atoms with Crippen LogP contribution in [0.15, 0.2) is 406 Å². The minimum absolute atomic E-state index is 0.608. The number of nitriles is 5. The van der Waals surface area contributed by atoms with Crippen LogP contribution >= 0.6 is 0 Å². The van der Waals surface area contributed by atoms with Gasteiger partial charge in [0, 0.05) is 98.8 Å². The first kappa shape index (κ1) is 72.7. The van der Waals surface area contributed by atoms with Crippen LogP contribution in [-0.4, -0.2) is 27.4 Å². The largest absolute Gasteiger partial charge is 0.309 e.